The van der Waals surface area contributed by atoms with Gasteiger partial charge in [0.05, 0.1) is 19.4 Å². The molecule has 84 valence electrons. The fourth-order valence-electron chi connectivity index (χ4n) is 1.93. The lowest BCUT2D eigenvalue weighted by molar-refractivity contribution is -0.0978. The Morgan fingerprint density at radius 1 is 1.44 bits per heavy atom. The summed E-state index contributed by atoms with van der Waals surface area (Å²) >= 11 is 0. The van der Waals surface area contributed by atoms with Crippen molar-refractivity contribution in [2.45, 2.75) is 5.60 Å². The molecule has 1 aromatic rings. The third-order valence-corrected chi connectivity index (χ3v) is 2.77. The Balaban J connectivity index is 2.20. The van der Waals surface area contributed by atoms with E-state index in [1.807, 2.05) is 30.3 Å². The predicted molar refractivity (Wildman–Crippen MR) is 59.0 cm³/mol. The van der Waals surface area contributed by atoms with Crippen LogP contribution in [0.15, 0.2) is 43.2 Å². The van der Waals surface area contributed by atoms with Crippen LogP contribution in [-0.4, -0.2) is 29.2 Å². The minimum atomic E-state index is -0.917. The number of carbonyl (C=O) groups is 1. The van der Waals surface area contributed by atoms with Crippen LogP contribution in [0.3, 0.4) is 0 Å². The van der Waals surface area contributed by atoms with Gasteiger partial charge in [-0.1, -0.05) is 36.9 Å². The summed E-state index contributed by atoms with van der Waals surface area (Å²) in [6.07, 6.45) is 0.450. The molecular formula is C12H13NO3. The molecule has 16 heavy (non-hydrogen) atoms. The molecule has 1 aliphatic heterocycles. The maximum atomic E-state index is 10.7. The summed E-state index contributed by atoms with van der Waals surface area (Å²) in [5, 5.41) is 8.83. The lowest BCUT2D eigenvalue weighted by atomic mass is 9.86. The summed E-state index contributed by atoms with van der Waals surface area (Å²) in [7, 11) is 0. The second-order valence-corrected chi connectivity index (χ2v) is 3.78. The molecule has 0 radical (unpaired) electrons. The van der Waals surface area contributed by atoms with E-state index in [1.54, 1.807) is 0 Å². The number of amides is 1. The molecular weight excluding hydrogens is 206 g/mol. The molecule has 0 aliphatic carbocycles. The number of rotatable bonds is 3. The quantitative estimate of drug-likeness (QED) is 0.791. The first-order valence-electron chi connectivity index (χ1n) is 5.00. The zero-order valence-electron chi connectivity index (χ0n) is 8.80. The number of likely N-dealkylation sites (tertiary alicyclic amines) is 1. The third kappa shape index (κ3) is 1.62. The number of carboxylic acid groups (broad SMARTS) is 1. The average molecular weight is 219 g/mol. The molecule has 1 saturated heterocycles. The molecule has 4 nitrogen and oxygen atoms in total. The fraction of sp³-hybridized carbons (Fsp3) is 0.250. The van der Waals surface area contributed by atoms with Gasteiger partial charge >= 0.3 is 6.09 Å². The molecule has 2 rings (SSSR count). The van der Waals surface area contributed by atoms with Crippen LogP contribution in [0.5, 0.6) is 0 Å². The van der Waals surface area contributed by atoms with E-state index in [1.165, 1.54) is 11.2 Å². The van der Waals surface area contributed by atoms with E-state index in [4.69, 9.17) is 9.84 Å². The lowest BCUT2D eigenvalue weighted by Gasteiger charge is -2.47. The van der Waals surface area contributed by atoms with Crippen molar-refractivity contribution in [3.8, 4) is 0 Å². The van der Waals surface area contributed by atoms with Crippen molar-refractivity contribution < 1.29 is 14.6 Å². The summed E-state index contributed by atoms with van der Waals surface area (Å²) in [4.78, 5) is 12.1. The molecule has 1 aromatic carbocycles. The van der Waals surface area contributed by atoms with Crippen molar-refractivity contribution in [3.63, 3.8) is 0 Å². The van der Waals surface area contributed by atoms with Gasteiger partial charge in [-0.05, 0) is 5.56 Å². The van der Waals surface area contributed by atoms with Crippen molar-refractivity contribution in [1.82, 2.24) is 4.90 Å². The predicted octanol–water partition coefficient (Wildman–Crippen LogP) is 2.04. The molecule has 0 atom stereocenters. The number of hydrogen-bond donors (Lipinski definition) is 1. The largest absolute Gasteiger partial charge is 0.487 e. The highest BCUT2D eigenvalue weighted by Crippen LogP contribution is 2.35. The Hall–Kier alpha value is -1.97. The van der Waals surface area contributed by atoms with Gasteiger partial charge < -0.3 is 9.84 Å². The van der Waals surface area contributed by atoms with Crippen LogP contribution in [-0.2, 0) is 10.3 Å². The van der Waals surface area contributed by atoms with Gasteiger partial charge in [0.15, 0.2) is 5.60 Å². The Bertz CT molecular complexity index is 396. The topological polar surface area (TPSA) is 49.8 Å². The smallest absolute Gasteiger partial charge is 0.407 e. The summed E-state index contributed by atoms with van der Waals surface area (Å²) in [6, 6.07) is 9.60. The first-order chi connectivity index (χ1) is 7.68. The van der Waals surface area contributed by atoms with Gasteiger partial charge in [-0.3, -0.25) is 4.90 Å². The van der Waals surface area contributed by atoms with Gasteiger partial charge in [0, 0.05) is 0 Å². The molecule has 1 N–H and O–H groups in total. The van der Waals surface area contributed by atoms with E-state index in [-0.39, 0.29) is 0 Å². The SMILES string of the molecule is C=COC1(c2ccccc2)CN(C(=O)O)C1. The monoisotopic (exact) mass is 219 g/mol. The highest BCUT2D eigenvalue weighted by molar-refractivity contribution is 5.67. The maximum Gasteiger partial charge on any atom is 0.407 e. The van der Waals surface area contributed by atoms with Crippen LogP contribution in [0.2, 0.25) is 0 Å². The van der Waals surface area contributed by atoms with Crippen molar-refractivity contribution >= 4 is 6.09 Å². The molecule has 0 bridgehead atoms. The minimum Gasteiger partial charge on any atom is -0.487 e. The molecule has 1 aliphatic rings. The van der Waals surface area contributed by atoms with Crippen LogP contribution >= 0.6 is 0 Å². The standard InChI is InChI=1S/C12H13NO3/c1-2-16-12(8-13(9-12)11(14)15)10-6-4-3-5-7-10/h2-7H,1,8-9H2,(H,14,15). The van der Waals surface area contributed by atoms with E-state index < -0.39 is 11.7 Å². The van der Waals surface area contributed by atoms with Crippen molar-refractivity contribution in [1.29, 1.82) is 0 Å². The van der Waals surface area contributed by atoms with Gasteiger partial charge in [-0.15, -0.1) is 0 Å². The third-order valence-electron chi connectivity index (χ3n) is 2.77. The van der Waals surface area contributed by atoms with Gasteiger partial charge in [0.25, 0.3) is 0 Å². The second kappa shape index (κ2) is 3.89. The van der Waals surface area contributed by atoms with Crippen molar-refractivity contribution in [2.75, 3.05) is 13.1 Å². The molecule has 1 heterocycles. The lowest BCUT2D eigenvalue weighted by Crippen LogP contribution is -2.61. The maximum absolute atomic E-state index is 10.7. The summed E-state index contributed by atoms with van der Waals surface area (Å²) in [5.74, 6) is 0. The highest BCUT2D eigenvalue weighted by Gasteiger charge is 2.48. The molecule has 1 amide bonds. The summed E-state index contributed by atoms with van der Waals surface area (Å²) < 4.78 is 5.49. The van der Waals surface area contributed by atoms with Crippen LogP contribution < -0.4 is 0 Å². The van der Waals surface area contributed by atoms with Crippen LogP contribution in [0.25, 0.3) is 0 Å². The Labute approximate surface area is 93.8 Å². The van der Waals surface area contributed by atoms with Gasteiger partial charge in [0.2, 0.25) is 0 Å². The first-order valence-corrected chi connectivity index (χ1v) is 5.00. The van der Waals surface area contributed by atoms with Crippen LogP contribution in [0.1, 0.15) is 5.56 Å². The Morgan fingerprint density at radius 2 is 2.06 bits per heavy atom. The van der Waals surface area contributed by atoms with E-state index >= 15 is 0 Å². The van der Waals surface area contributed by atoms with Crippen molar-refractivity contribution in [2.24, 2.45) is 0 Å². The Morgan fingerprint density at radius 3 is 2.56 bits per heavy atom. The summed E-state index contributed by atoms with van der Waals surface area (Å²) in [6.45, 7) is 4.23. The first kappa shape index (κ1) is 10.5. The number of benzene rings is 1. The normalized spacial score (nSPS) is 17.4. The van der Waals surface area contributed by atoms with E-state index in [0.29, 0.717) is 13.1 Å². The van der Waals surface area contributed by atoms with E-state index in [9.17, 15) is 4.79 Å². The molecule has 0 saturated carbocycles. The van der Waals surface area contributed by atoms with Crippen LogP contribution in [0.4, 0.5) is 4.79 Å². The second-order valence-electron chi connectivity index (χ2n) is 3.78. The van der Waals surface area contributed by atoms with E-state index in [2.05, 4.69) is 6.58 Å². The minimum absolute atomic E-state index is 0.346. The molecule has 0 unspecified atom stereocenters. The van der Waals surface area contributed by atoms with Gasteiger partial charge in [-0.25, -0.2) is 4.79 Å². The number of hydrogen-bond acceptors (Lipinski definition) is 2. The molecule has 0 aromatic heterocycles. The molecule has 4 heteroatoms. The molecule has 1 fully saturated rings. The van der Waals surface area contributed by atoms with Gasteiger partial charge in [0.1, 0.15) is 0 Å². The Kier molecular flexibility index (Phi) is 2.56. The number of ether oxygens (including phenoxy) is 1. The highest BCUT2D eigenvalue weighted by atomic mass is 16.5. The summed E-state index contributed by atoms with van der Waals surface area (Å²) in [5.41, 5.74) is 0.425. The van der Waals surface area contributed by atoms with E-state index in [0.717, 1.165) is 5.56 Å². The van der Waals surface area contributed by atoms with Gasteiger partial charge in [-0.2, -0.15) is 0 Å². The zero-order chi connectivity index (χ0) is 11.6. The fourth-order valence-corrected chi connectivity index (χ4v) is 1.93. The number of nitrogens with zero attached hydrogens (tertiary/aromatic N) is 1. The van der Waals surface area contributed by atoms with Crippen LogP contribution in [0, 0.1) is 0 Å². The van der Waals surface area contributed by atoms with Crippen molar-refractivity contribution in [3.05, 3.63) is 48.7 Å². The average Bonchev–Trinajstić information content (AvgIpc) is 2.23. The molecule has 0 spiro atoms. The zero-order valence-corrected chi connectivity index (χ0v) is 8.80.